The van der Waals surface area contributed by atoms with Gasteiger partial charge in [0.2, 0.25) is 5.78 Å². The number of likely N-dealkylation sites (tertiary alicyclic amines) is 1. The van der Waals surface area contributed by atoms with E-state index in [9.17, 15) is 18.5 Å². The lowest BCUT2D eigenvalue weighted by molar-refractivity contribution is 0.103. The van der Waals surface area contributed by atoms with Crippen molar-refractivity contribution in [1.82, 2.24) is 13.8 Å². The number of carbonyl (C=O) groups excluding carboxylic acids is 1. The minimum Gasteiger partial charge on any atom is -0.382 e. The van der Waals surface area contributed by atoms with E-state index >= 15 is 0 Å². The predicted octanol–water partition coefficient (Wildman–Crippen LogP) is 4.15. The summed E-state index contributed by atoms with van der Waals surface area (Å²) in [6.45, 7) is 3.85. The smallest absolute Gasteiger partial charge is 0.268 e. The Morgan fingerprint density at radius 2 is 1.74 bits per heavy atom. The number of hydrogen-bond acceptors (Lipinski definition) is 6. The molecule has 1 saturated heterocycles. The summed E-state index contributed by atoms with van der Waals surface area (Å²) in [6.07, 6.45) is 3.39. The van der Waals surface area contributed by atoms with Gasteiger partial charge in [0, 0.05) is 25.7 Å². The highest BCUT2D eigenvalue weighted by atomic mass is 32.2. The molecule has 7 nitrogen and oxygen atoms in total. The number of benzene rings is 2. The maximum absolute atomic E-state index is 13.9. The third-order valence-electron chi connectivity index (χ3n) is 6.52. The molecule has 3 aromatic rings. The lowest BCUT2D eigenvalue weighted by atomic mass is 9.89. The Labute approximate surface area is 206 Å². The number of Topliss-reactive ketones (excluding diaryl/α,β-unsaturated/α-hetero) is 1. The number of rotatable bonds is 6. The highest BCUT2D eigenvalue weighted by molar-refractivity contribution is 7.90. The van der Waals surface area contributed by atoms with Crippen molar-refractivity contribution in [2.24, 2.45) is 0 Å². The van der Waals surface area contributed by atoms with Gasteiger partial charge in [-0.1, -0.05) is 29.8 Å². The van der Waals surface area contributed by atoms with Gasteiger partial charge in [0.05, 0.1) is 10.4 Å². The third kappa shape index (κ3) is 4.88. The zero-order valence-corrected chi connectivity index (χ0v) is 21.3. The van der Waals surface area contributed by atoms with E-state index in [-0.39, 0.29) is 16.2 Å². The van der Waals surface area contributed by atoms with Gasteiger partial charge in [0.1, 0.15) is 17.3 Å². The molecule has 0 radical (unpaired) electrons. The van der Waals surface area contributed by atoms with Crippen LogP contribution in [0, 0.1) is 18.3 Å². The summed E-state index contributed by atoms with van der Waals surface area (Å²) >= 11 is 0. The standard InChI is InChI=1S/C27H30N4O3S/c1-19-5-9-24(10-6-19)35(33,34)31-25-15-21(20-11-13-30(4)14-12-20)7-8-22(25)16-26(31)27(32)23(17-28)18-29(2)3/h5-10,15-16,18,20H,11-14H2,1-4H3/b23-18+. The molecule has 1 fully saturated rings. The van der Waals surface area contributed by atoms with Gasteiger partial charge in [-0.3, -0.25) is 4.79 Å². The number of allylic oxidation sites excluding steroid dienone is 1. The molecule has 0 aliphatic carbocycles. The topological polar surface area (TPSA) is 86.4 Å². The van der Waals surface area contributed by atoms with E-state index in [4.69, 9.17) is 0 Å². The van der Waals surface area contributed by atoms with Crippen molar-refractivity contribution < 1.29 is 13.2 Å². The molecule has 0 saturated carbocycles. The van der Waals surface area contributed by atoms with Crippen molar-refractivity contribution in [3.8, 4) is 6.07 Å². The molecule has 8 heteroatoms. The van der Waals surface area contributed by atoms with Crippen molar-refractivity contribution >= 4 is 26.7 Å². The minimum absolute atomic E-state index is 0.0456. The molecule has 4 rings (SSSR count). The molecule has 0 spiro atoms. The number of ketones is 1. The van der Waals surface area contributed by atoms with E-state index in [1.807, 2.05) is 31.2 Å². The van der Waals surface area contributed by atoms with Crippen LogP contribution in [-0.4, -0.2) is 62.2 Å². The Balaban J connectivity index is 1.94. The number of nitrogens with zero attached hydrogens (tertiary/aromatic N) is 4. The highest BCUT2D eigenvalue weighted by Gasteiger charge is 2.29. The number of piperidine rings is 1. The Morgan fingerprint density at radius 1 is 1.09 bits per heavy atom. The summed E-state index contributed by atoms with van der Waals surface area (Å²) in [5.74, 6) is -0.308. The van der Waals surface area contributed by atoms with Crippen molar-refractivity contribution in [3.63, 3.8) is 0 Å². The molecular weight excluding hydrogens is 460 g/mol. The molecule has 0 bridgehead atoms. The zero-order chi connectivity index (χ0) is 25.3. The molecule has 0 unspecified atom stereocenters. The maximum Gasteiger partial charge on any atom is 0.268 e. The first-order valence-electron chi connectivity index (χ1n) is 11.6. The fourth-order valence-electron chi connectivity index (χ4n) is 4.56. The van der Waals surface area contributed by atoms with Crippen LogP contribution in [0.3, 0.4) is 0 Å². The van der Waals surface area contributed by atoms with Gasteiger partial charge in [0.25, 0.3) is 10.0 Å². The molecule has 182 valence electrons. The molecule has 35 heavy (non-hydrogen) atoms. The first-order chi connectivity index (χ1) is 16.6. The number of carbonyl (C=O) groups is 1. The number of aryl methyl sites for hydroxylation is 1. The van der Waals surface area contributed by atoms with Crippen molar-refractivity contribution in [2.75, 3.05) is 34.2 Å². The van der Waals surface area contributed by atoms with Crippen LogP contribution in [-0.2, 0) is 10.0 Å². The SMILES string of the molecule is Cc1ccc(S(=O)(=O)n2c(C(=O)/C(C#N)=C/N(C)C)cc3ccc(C4CCN(C)CC4)cc32)cc1. The van der Waals surface area contributed by atoms with Gasteiger partial charge in [-0.2, -0.15) is 5.26 Å². The summed E-state index contributed by atoms with van der Waals surface area (Å²) in [6, 6.07) is 15.9. The normalized spacial score (nSPS) is 15.8. The van der Waals surface area contributed by atoms with Crippen molar-refractivity contribution in [1.29, 1.82) is 5.26 Å². The molecule has 0 atom stereocenters. The summed E-state index contributed by atoms with van der Waals surface area (Å²) in [4.78, 5) is 17.4. The lowest BCUT2D eigenvalue weighted by Gasteiger charge is -2.29. The molecule has 0 N–H and O–H groups in total. The van der Waals surface area contributed by atoms with Crippen LogP contribution >= 0.6 is 0 Å². The Hall–Kier alpha value is -3.41. The average molecular weight is 491 g/mol. The largest absolute Gasteiger partial charge is 0.382 e. The molecule has 1 aromatic heterocycles. The maximum atomic E-state index is 13.9. The van der Waals surface area contributed by atoms with E-state index in [2.05, 4.69) is 11.9 Å². The van der Waals surface area contributed by atoms with E-state index in [0.717, 1.165) is 41.0 Å². The van der Waals surface area contributed by atoms with Crippen molar-refractivity contribution in [3.05, 3.63) is 77.1 Å². The van der Waals surface area contributed by atoms with E-state index in [1.165, 1.54) is 6.20 Å². The van der Waals surface area contributed by atoms with Crippen LogP contribution in [0.5, 0.6) is 0 Å². The summed E-state index contributed by atoms with van der Waals surface area (Å²) < 4.78 is 28.9. The van der Waals surface area contributed by atoms with Gasteiger partial charge in [0.15, 0.2) is 0 Å². The van der Waals surface area contributed by atoms with Crippen LogP contribution in [0.2, 0.25) is 0 Å². The zero-order valence-electron chi connectivity index (χ0n) is 20.5. The van der Waals surface area contributed by atoms with Crippen LogP contribution in [0.15, 0.2) is 65.2 Å². The summed E-state index contributed by atoms with van der Waals surface area (Å²) in [5.41, 5.74) is 2.27. The van der Waals surface area contributed by atoms with Gasteiger partial charge < -0.3 is 9.80 Å². The van der Waals surface area contributed by atoms with Gasteiger partial charge in [-0.15, -0.1) is 0 Å². The van der Waals surface area contributed by atoms with Gasteiger partial charge >= 0.3 is 0 Å². The Bertz CT molecular complexity index is 1440. The highest BCUT2D eigenvalue weighted by Crippen LogP contribution is 2.33. The van der Waals surface area contributed by atoms with Gasteiger partial charge in [-0.25, -0.2) is 12.4 Å². The van der Waals surface area contributed by atoms with Crippen molar-refractivity contribution in [2.45, 2.75) is 30.6 Å². The Kier molecular flexibility index (Phi) is 6.84. The van der Waals surface area contributed by atoms with Crippen LogP contribution in [0.1, 0.15) is 40.4 Å². The second-order valence-electron chi connectivity index (χ2n) is 9.46. The van der Waals surface area contributed by atoms with E-state index in [1.54, 1.807) is 49.3 Å². The molecule has 1 aliphatic rings. The van der Waals surface area contributed by atoms with E-state index in [0.29, 0.717) is 16.8 Å². The molecule has 0 amide bonds. The second kappa shape index (κ2) is 9.68. The van der Waals surface area contributed by atoms with Crippen LogP contribution in [0.4, 0.5) is 0 Å². The molecule has 2 aromatic carbocycles. The lowest BCUT2D eigenvalue weighted by Crippen LogP contribution is -2.29. The number of fused-ring (bicyclic) bond motifs is 1. The minimum atomic E-state index is -4.10. The second-order valence-corrected chi connectivity index (χ2v) is 11.2. The third-order valence-corrected chi connectivity index (χ3v) is 8.26. The summed E-state index contributed by atoms with van der Waals surface area (Å²) in [5, 5.41) is 10.3. The molecular formula is C27H30N4O3S. The van der Waals surface area contributed by atoms with Crippen LogP contribution < -0.4 is 0 Å². The monoisotopic (exact) mass is 490 g/mol. The fraction of sp³-hybridized carbons (Fsp3) is 0.333. The molecule has 2 heterocycles. The number of hydrogen-bond donors (Lipinski definition) is 0. The molecule has 1 aliphatic heterocycles. The first kappa shape index (κ1) is 24.7. The average Bonchev–Trinajstić information content (AvgIpc) is 3.22. The number of aromatic nitrogens is 1. The van der Waals surface area contributed by atoms with Crippen LogP contribution in [0.25, 0.3) is 10.9 Å². The first-order valence-corrected chi connectivity index (χ1v) is 13.0. The fourth-order valence-corrected chi connectivity index (χ4v) is 6.06. The Morgan fingerprint density at radius 3 is 2.34 bits per heavy atom. The van der Waals surface area contributed by atoms with E-state index < -0.39 is 15.8 Å². The van der Waals surface area contributed by atoms with Gasteiger partial charge in [-0.05, 0) is 75.6 Å². The number of nitriles is 1. The predicted molar refractivity (Wildman–Crippen MR) is 137 cm³/mol. The summed E-state index contributed by atoms with van der Waals surface area (Å²) in [7, 11) is 1.41. The quantitative estimate of drug-likeness (QED) is 0.293.